The fraction of sp³-hybridized carbons (Fsp3) is 0.190. The van der Waals surface area contributed by atoms with E-state index in [4.69, 9.17) is 9.84 Å². The third-order valence-electron chi connectivity index (χ3n) is 4.69. The fourth-order valence-corrected chi connectivity index (χ4v) is 4.23. The molecule has 0 saturated heterocycles. The van der Waals surface area contributed by atoms with Crippen molar-refractivity contribution in [2.45, 2.75) is 18.8 Å². The van der Waals surface area contributed by atoms with Gasteiger partial charge in [0.2, 0.25) is 0 Å². The second-order valence-electron chi connectivity index (χ2n) is 6.48. The highest BCUT2D eigenvalue weighted by Gasteiger charge is 2.29. The number of hydrogen-bond acceptors (Lipinski definition) is 5. The monoisotopic (exact) mass is 394 g/mol. The molecule has 7 heteroatoms. The van der Waals surface area contributed by atoms with E-state index >= 15 is 0 Å². The lowest BCUT2D eigenvalue weighted by atomic mass is 9.98. The molecule has 0 radical (unpaired) electrons. The van der Waals surface area contributed by atoms with Crippen LogP contribution in [0.1, 0.15) is 28.3 Å². The Balaban J connectivity index is 1.40. The quantitative estimate of drug-likeness (QED) is 0.642. The lowest BCUT2D eigenvalue weighted by molar-refractivity contribution is -0.136. The van der Waals surface area contributed by atoms with Crippen LogP contribution in [0, 0.1) is 0 Å². The molecule has 4 rings (SSSR count). The summed E-state index contributed by atoms with van der Waals surface area (Å²) in [5.74, 6) is -0.861. The van der Waals surface area contributed by atoms with Gasteiger partial charge >= 0.3 is 12.1 Å². The molecule has 3 aromatic rings. The predicted molar refractivity (Wildman–Crippen MR) is 107 cm³/mol. The Kier molecular flexibility index (Phi) is 5.08. The summed E-state index contributed by atoms with van der Waals surface area (Å²) in [6.45, 7) is 0.233. The zero-order chi connectivity index (χ0) is 19.5. The Hall–Kier alpha value is -3.19. The molecule has 0 spiro atoms. The van der Waals surface area contributed by atoms with Crippen molar-refractivity contribution in [2.75, 3.05) is 11.9 Å². The van der Waals surface area contributed by atoms with Gasteiger partial charge in [-0.1, -0.05) is 48.5 Å². The first-order valence-electron chi connectivity index (χ1n) is 8.90. The van der Waals surface area contributed by atoms with Gasteiger partial charge in [0.05, 0.1) is 6.42 Å². The molecule has 142 valence electrons. The van der Waals surface area contributed by atoms with Crippen LogP contribution in [0.3, 0.4) is 0 Å². The van der Waals surface area contributed by atoms with Crippen molar-refractivity contribution in [3.05, 3.63) is 70.7 Å². The number of benzene rings is 2. The summed E-state index contributed by atoms with van der Waals surface area (Å²) >= 11 is 1.25. The Labute approximate surface area is 165 Å². The molecule has 2 N–H and O–H groups in total. The number of anilines is 1. The molecule has 1 aliphatic carbocycles. The molecular weight excluding hydrogens is 376 g/mol. The number of carbonyl (C=O) groups excluding carboxylic acids is 1. The standard InChI is InChI=1S/C21H18N2O4S/c24-19(25)10-9-13-11-22-20(28-13)23-21(26)27-12-18-16-7-3-1-5-14(16)15-6-2-4-8-17(15)18/h1-8,11,18H,9-10,12H2,(H,24,25)(H,22,23,26). The highest BCUT2D eigenvalue weighted by molar-refractivity contribution is 7.15. The third-order valence-corrected chi connectivity index (χ3v) is 5.66. The zero-order valence-electron chi connectivity index (χ0n) is 14.9. The van der Waals surface area contributed by atoms with E-state index in [-0.39, 0.29) is 18.9 Å². The van der Waals surface area contributed by atoms with Crippen LogP contribution < -0.4 is 5.32 Å². The molecule has 1 aromatic heterocycles. The molecule has 0 bridgehead atoms. The minimum absolute atomic E-state index is 0.000530. The van der Waals surface area contributed by atoms with Crippen molar-refractivity contribution in [1.29, 1.82) is 0 Å². The summed E-state index contributed by atoms with van der Waals surface area (Å²) in [4.78, 5) is 27.7. The average Bonchev–Trinajstić information content (AvgIpc) is 3.27. The zero-order valence-corrected chi connectivity index (χ0v) is 15.7. The maximum Gasteiger partial charge on any atom is 0.413 e. The maximum absolute atomic E-state index is 12.2. The van der Waals surface area contributed by atoms with Gasteiger partial charge in [0.25, 0.3) is 0 Å². The molecule has 0 aliphatic heterocycles. The molecule has 2 aromatic carbocycles. The van der Waals surface area contributed by atoms with Crippen molar-refractivity contribution in [1.82, 2.24) is 4.98 Å². The Morgan fingerprint density at radius 3 is 2.36 bits per heavy atom. The molecule has 0 atom stereocenters. The first-order chi connectivity index (χ1) is 13.6. The molecular formula is C21H18N2O4S. The van der Waals surface area contributed by atoms with E-state index in [2.05, 4.69) is 34.6 Å². The van der Waals surface area contributed by atoms with Crippen LogP contribution in [0.15, 0.2) is 54.7 Å². The minimum atomic E-state index is -0.862. The molecule has 0 saturated carbocycles. The number of aromatic nitrogens is 1. The number of rotatable bonds is 6. The van der Waals surface area contributed by atoms with E-state index in [9.17, 15) is 9.59 Å². The van der Waals surface area contributed by atoms with Gasteiger partial charge < -0.3 is 9.84 Å². The Morgan fingerprint density at radius 2 is 1.71 bits per heavy atom. The van der Waals surface area contributed by atoms with Crippen LogP contribution in [-0.4, -0.2) is 28.8 Å². The van der Waals surface area contributed by atoms with Gasteiger partial charge in [-0.2, -0.15) is 0 Å². The van der Waals surface area contributed by atoms with Crippen LogP contribution in [0.2, 0.25) is 0 Å². The van der Waals surface area contributed by atoms with Gasteiger partial charge in [-0.15, -0.1) is 11.3 Å². The average molecular weight is 394 g/mol. The maximum atomic E-state index is 12.2. The largest absolute Gasteiger partial charge is 0.481 e. The Morgan fingerprint density at radius 1 is 1.07 bits per heavy atom. The number of carboxylic acid groups (broad SMARTS) is 1. The smallest absolute Gasteiger partial charge is 0.413 e. The van der Waals surface area contributed by atoms with Crippen molar-refractivity contribution in [3.8, 4) is 11.1 Å². The second kappa shape index (κ2) is 7.82. The summed E-state index contributed by atoms with van der Waals surface area (Å²) in [6.07, 6.45) is 1.43. The minimum Gasteiger partial charge on any atom is -0.481 e. The highest BCUT2D eigenvalue weighted by atomic mass is 32.1. The molecule has 28 heavy (non-hydrogen) atoms. The van der Waals surface area contributed by atoms with Gasteiger partial charge in [0.1, 0.15) is 6.61 Å². The van der Waals surface area contributed by atoms with Crippen molar-refractivity contribution in [2.24, 2.45) is 0 Å². The molecule has 1 amide bonds. The highest BCUT2D eigenvalue weighted by Crippen LogP contribution is 2.44. The van der Waals surface area contributed by atoms with Crippen molar-refractivity contribution < 1.29 is 19.4 Å². The van der Waals surface area contributed by atoms with Gasteiger partial charge in [0, 0.05) is 17.0 Å². The van der Waals surface area contributed by atoms with Crippen LogP contribution in [0.5, 0.6) is 0 Å². The number of fused-ring (bicyclic) bond motifs is 3. The summed E-state index contributed by atoms with van der Waals surface area (Å²) in [6, 6.07) is 16.3. The summed E-state index contributed by atoms with van der Waals surface area (Å²) in [7, 11) is 0. The van der Waals surface area contributed by atoms with E-state index < -0.39 is 12.1 Å². The van der Waals surface area contributed by atoms with Crippen LogP contribution in [-0.2, 0) is 16.0 Å². The number of thiazole rings is 1. The molecule has 0 unspecified atom stereocenters. The lowest BCUT2D eigenvalue weighted by Crippen LogP contribution is -2.17. The van der Waals surface area contributed by atoms with Crippen molar-refractivity contribution >= 4 is 28.5 Å². The van der Waals surface area contributed by atoms with E-state index in [1.165, 1.54) is 22.5 Å². The van der Waals surface area contributed by atoms with E-state index in [1.54, 1.807) is 6.20 Å². The summed E-state index contributed by atoms with van der Waals surface area (Å²) in [5, 5.41) is 11.8. The molecule has 1 aliphatic rings. The molecule has 1 heterocycles. The van der Waals surface area contributed by atoms with Crippen molar-refractivity contribution in [3.63, 3.8) is 0 Å². The number of aliphatic carboxylic acids is 1. The normalized spacial score (nSPS) is 12.3. The van der Waals surface area contributed by atoms with Crippen LogP contribution in [0.25, 0.3) is 11.1 Å². The molecule has 0 fully saturated rings. The third kappa shape index (κ3) is 3.75. The Bertz CT molecular complexity index is 985. The summed E-state index contributed by atoms with van der Waals surface area (Å²) < 4.78 is 5.47. The first-order valence-corrected chi connectivity index (χ1v) is 9.72. The van der Waals surface area contributed by atoms with Gasteiger partial charge in [0.15, 0.2) is 5.13 Å². The number of carbonyl (C=O) groups is 2. The van der Waals surface area contributed by atoms with Crippen LogP contribution >= 0.6 is 11.3 Å². The van der Waals surface area contributed by atoms with E-state index in [0.717, 1.165) is 16.0 Å². The number of hydrogen-bond donors (Lipinski definition) is 2. The number of ether oxygens (including phenoxy) is 1. The number of nitrogens with zero attached hydrogens (tertiary/aromatic N) is 1. The first kappa shape index (κ1) is 18.2. The predicted octanol–water partition coefficient (Wildman–Crippen LogP) is 4.52. The lowest BCUT2D eigenvalue weighted by Gasteiger charge is -2.14. The molecule has 6 nitrogen and oxygen atoms in total. The van der Waals surface area contributed by atoms with Gasteiger partial charge in [-0.25, -0.2) is 9.78 Å². The number of carboxylic acids is 1. The number of amides is 1. The van der Waals surface area contributed by atoms with Gasteiger partial charge in [-0.3, -0.25) is 10.1 Å². The SMILES string of the molecule is O=C(O)CCc1cnc(NC(=O)OCC2c3ccccc3-c3ccccc32)s1. The fourth-order valence-electron chi connectivity index (χ4n) is 3.43. The van der Waals surface area contributed by atoms with E-state index in [0.29, 0.717) is 11.6 Å². The van der Waals surface area contributed by atoms with Crippen LogP contribution in [0.4, 0.5) is 9.93 Å². The second-order valence-corrected chi connectivity index (χ2v) is 7.59. The van der Waals surface area contributed by atoms with E-state index in [1.807, 2.05) is 24.3 Å². The number of nitrogens with one attached hydrogen (secondary N) is 1. The van der Waals surface area contributed by atoms with Gasteiger partial charge in [-0.05, 0) is 28.7 Å². The topological polar surface area (TPSA) is 88.5 Å². The number of aryl methyl sites for hydroxylation is 1. The summed E-state index contributed by atoms with van der Waals surface area (Å²) in [5.41, 5.74) is 4.66.